The Morgan fingerprint density at radius 3 is 2.46 bits per heavy atom. The summed E-state index contributed by atoms with van der Waals surface area (Å²) < 4.78 is 36.2. The number of methoxy groups -OCH3 is 2. The number of rotatable bonds is 7. The minimum absolute atomic E-state index is 0.104. The second-order valence-electron chi connectivity index (χ2n) is 5.64. The van der Waals surface area contributed by atoms with Crippen LogP contribution in [0.1, 0.15) is 10.4 Å². The third-order valence-electron chi connectivity index (χ3n) is 3.79. The van der Waals surface area contributed by atoms with E-state index in [0.717, 1.165) is 4.31 Å². The van der Waals surface area contributed by atoms with Crippen LogP contribution in [0.3, 0.4) is 0 Å². The Morgan fingerprint density at radius 2 is 1.82 bits per heavy atom. The number of esters is 1. The number of ether oxygens (including phenoxy) is 2. The lowest BCUT2D eigenvalue weighted by Crippen LogP contribution is -2.35. The fourth-order valence-corrected chi connectivity index (χ4v) is 3.92. The molecule has 0 radical (unpaired) electrons. The van der Waals surface area contributed by atoms with Gasteiger partial charge in [-0.3, -0.25) is 4.79 Å². The molecule has 28 heavy (non-hydrogen) atoms. The van der Waals surface area contributed by atoms with Gasteiger partial charge in [-0.1, -0.05) is 23.7 Å². The van der Waals surface area contributed by atoms with Gasteiger partial charge in [0.1, 0.15) is 10.6 Å². The molecule has 1 amide bonds. The smallest absolute Gasteiger partial charge is 0.339 e. The summed E-state index contributed by atoms with van der Waals surface area (Å²) in [7, 11) is -0.246. The highest BCUT2D eigenvalue weighted by Gasteiger charge is 2.27. The van der Waals surface area contributed by atoms with E-state index in [-0.39, 0.29) is 26.9 Å². The zero-order chi connectivity index (χ0) is 20.9. The van der Waals surface area contributed by atoms with E-state index < -0.39 is 28.4 Å². The monoisotopic (exact) mass is 426 g/mol. The van der Waals surface area contributed by atoms with E-state index in [2.05, 4.69) is 10.1 Å². The highest BCUT2D eigenvalue weighted by molar-refractivity contribution is 7.89. The predicted molar refractivity (Wildman–Crippen MR) is 104 cm³/mol. The van der Waals surface area contributed by atoms with Gasteiger partial charge in [-0.05, 0) is 30.3 Å². The molecule has 0 bridgehead atoms. The van der Waals surface area contributed by atoms with Crippen LogP contribution >= 0.6 is 11.6 Å². The van der Waals surface area contributed by atoms with Crippen molar-refractivity contribution in [3.8, 4) is 5.75 Å². The van der Waals surface area contributed by atoms with Crippen molar-refractivity contribution >= 4 is 39.2 Å². The van der Waals surface area contributed by atoms with Crippen LogP contribution in [0.25, 0.3) is 0 Å². The SMILES string of the molecule is COC(=O)c1ccccc1NC(=O)CN(C)S(=O)(=O)c1cc(Cl)ccc1OC. The van der Waals surface area contributed by atoms with Crippen LogP contribution in [0.4, 0.5) is 5.69 Å². The van der Waals surface area contributed by atoms with Gasteiger partial charge in [0.25, 0.3) is 0 Å². The molecule has 8 nitrogen and oxygen atoms in total. The molecule has 0 saturated carbocycles. The molecule has 0 saturated heterocycles. The van der Waals surface area contributed by atoms with Gasteiger partial charge in [0.2, 0.25) is 15.9 Å². The first kappa shape index (κ1) is 21.7. The Morgan fingerprint density at radius 1 is 1.14 bits per heavy atom. The molecule has 0 aromatic heterocycles. The van der Waals surface area contributed by atoms with Crippen LogP contribution in [-0.2, 0) is 19.6 Å². The van der Waals surface area contributed by atoms with Crippen molar-refractivity contribution in [2.75, 3.05) is 33.1 Å². The summed E-state index contributed by atoms with van der Waals surface area (Å²) in [5, 5.41) is 2.73. The third-order valence-corrected chi connectivity index (χ3v) is 5.85. The number of likely N-dealkylation sites (N-methyl/N-ethyl adjacent to an activating group) is 1. The minimum Gasteiger partial charge on any atom is -0.495 e. The van der Waals surface area contributed by atoms with E-state index >= 15 is 0 Å². The van der Waals surface area contributed by atoms with Crippen molar-refractivity contribution in [2.24, 2.45) is 0 Å². The predicted octanol–water partition coefficient (Wildman–Crippen LogP) is 2.39. The van der Waals surface area contributed by atoms with Gasteiger partial charge in [-0.25, -0.2) is 13.2 Å². The molecule has 2 rings (SSSR count). The summed E-state index contributed by atoms with van der Waals surface area (Å²) >= 11 is 5.90. The van der Waals surface area contributed by atoms with Crippen molar-refractivity contribution in [2.45, 2.75) is 4.90 Å². The second kappa shape index (κ2) is 9.05. The Kier molecular flexibility index (Phi) is 7.00. The van der Waals surface area contributed by atoms with E-state index in [1.165, 1.54) is 51.6 Å². The standard InChI is InChI=1S/C18H19ClN2O6S/c1-21(28(24,25)16-10-12(19)8-9-15(16)26-2)11-17(22)20-14-7-5-4-6-13(14)18(23)27-3/h4-10H,11H2,1-3H3,(H,20,22). The largest absolute Gasteiger partial charge is 0.495 e. The summed E-state index contributed by atoms with van der Waals surface area (Å²) in [5.41, 5.74) is 0.367. The maximum Gasteiger partial charge on any atom is 0.339 e. The number of nitrogens with zero attached hydrogens (tertiary/aromatic N) is 1. The molecule has 0 heterocycles. The molecule has 10 heteroatoms. The molecule has 0 spiro atoms. The first-order valence-corrected chi connectivity index (χ1v) is 9.79. The quantitative estimate of drug-likeness (QED) is 0.682. The number of anilines is 1. The van der Waals surface area contributed by atoms with Gasteiger partial charge in [0, 0.05) is 12.1 Å². The Bertz CT molecular complexity index is 993. The molecule has 0 atom stereocenters. The lowest BCUT2D eigenvalue weighted by molar-refractivity contribution is -0.116. The maximum atomic E-state index is 12.8. The summed E-state index contributed by atoms with van der Waals surface area (Å²) in [6.45, 7) is -0.493. The summed E-state index contributed by atoms with van der Waals surface area (Å²) in [5.74, 6) is -1.16. The number of amides is 1. The van der Waals surface area contributed by atoms with Gasteiger partial charge >= 0.3 is 5.97 Å². The molecule has 0 fully saturated rings. The molecule has 0 aliphatic rings. The number of sulfonamides is 1. The first-order valence-electron chi connectivity index (χ1n) is 7.97. The lowest BCUT2D eigenvalue weighted by atomic mass is 10.2. The third kappa shape index (κ3) is 4.80. The molecule has 1 N–H and O–H groups in total. The fourth-order valence-electron chi connectivity index (χ4n) is 2.38. The van der Waals surface area contributed by atoms with E-state index in [9.17, 15) is 18.0 Å². The van der Waals surface area contributed by atoms with E-state index in [1.807, 2.05) is 0 Å². The average molecular weight is 427 g/mol. The number of nitrogens with one attached hydrogen (secondary N) is 1. The fraction of sp³-hybridized carbons (Fsp3) is 0.222. The van der Waals surface area contributed by atoms with Gasteiger partial charge in [-0.15, -0.1) is 0 Å². The van der Waals surface area contributed by atoms with Crippen LogP contribution < -0.4 is 10.1 Å². The average Bonchev–Trinajstić information content (AvgIpc) is 2.67. The summed E-state index contributed by atoms with van der Waals surface area (Å²) in [6.07, 6.45) is 0. The zero-order valence-corrected chi connectivity index (χ0v) is 17.0. The number of hydrogen-bond acceptors (Lipinski definition) is 6. The molecule has 0 aliphatic heterocycles. The molecule has 150 valence electrons. The van der Waals surface area contributed by atoms with Crippen molar-refractivity contribution < 1.29 is 27.5 Å². The van der Waals surface area contributed by atoms with Crippen molar-refractivity contribution in [3.05, 3.63) is 53.1 Å². The summed E-state index contributed by atoms with van der Waals surface area (Å²) in [6, 6.07) is 10.4. The number of carbonyl (C=O) groups is 2. The van der Waals surface area contributed by atoms with E-state index in [4.69, 9.17) is 16.3 Å². The molecular weight excluding hydrogens is 408 g/mol. The van der Waals surface area contributed by atoms with Crippen molar-refractivity contribution in [3.63, 3.8) is 0 Å². The van der Waals surface area contributed by atoms with Gasteiger partial charge in [0.15, 0.2) is 0 Å². The van der Waals surface area contributed by atoms with Crippen molar-refractivity contribution in [1.29, 1.82) is 0 Å². The molecule has 0 unspecified atom stereocenters. The van der Waals surface area contributed by atoms with Crippen LogP contribution in [0.5, 0.6) is 5.75 Å². The molecule has 0 aliphatic carbocycles. The van der Waals surface area contributed by atoms with Crippen LogP contribution in [0, 0.1) is 0 Å². The molecule has 2 aromatic rings. The van der Waals surface area contributed by atoms with Crippen LogP contribution in [-0.4, -0.2) is 52.4 Å². The van der Waals surface area contributed by atoms with Gasteiger partial charge in [-0.2, -0.15) is 4.31 Å². The Balaban J connectivity index is 2.21. The van der Waals surface area contributed by atoms with Crippen LogP contribution in [0.15, 0.2) is 47.4 Å². The Labute approximate surface area is 168 Å². The highest BCUT2D eigenvalue weighted by atomic mass is 35.5. The van der Waals surface area contributed by atoms with Crippen LogP contribution in [0.2, 0.25) is 5.02 Å². The Hall–Kier alpha value is -2.62. The molecular formula is C18H19ClN2O6S. The summed E-state index contributed by atoms with van der Waals surface area (Å²) in [4.78, 5) is 24.0. The van der Waals surface area contributed by atoms with Gasteiger partial charge in [0.05, 0.1) is 32.0 Å². The van der Waals surface area contributed by atoms with Crippen molar-refractivity contribution in [1.82, 2.24) is 4.31 Å². The zero-order valence-electron chi connectivity index (χ0n) is 15.4. The first-order chi connectivity index (χ1) is 13.2. The second-order valence-corrected chi connectivity index (χ2v) is 8.09. The van der Waals surface area contributed by atoms with E-state index in [1.54, 1.807) is 12.1 Å². The normalized spacial score (nSPS) is 11.2. The number of hydrogen-bond donors (Lipinski definition) is 1. The lowest BCUT2D eigenvalue weighted by Gasteiger charge is -2.19. The number of halogens is 1. The van der Waals surface area contributed by atoms with E-state index in [0.29, 0.717) is 0 Å². The number of benzene rings is 2. The minimum atomic E-state index is -4.05. The molecule has 2 aromatic carbocycles. The maximum absolute atomic E-state index is 12.8. The highest BCUT2D eigenvalue weighted by Crippen LogP contribution is 2.29. The van der Waals surface area contributed by atoms with Gasteiger partial charge < -0.3 is 14.8 Å². The number of para-hydroxylation sites is 1. The topological polar surface area (TPSA) is 102 Å². The number of carbonyl (C=O) groups excluding carboxylic acids is 2.